The van der Waals surface area contributed by atoms with Gasteiger partial charge in [0.15, 0.2) is 0 Å². The van der Waals surface area contributed by atoms with Gasteiger partial charge < -0.3 is 21.3 Å². The van der Waals surface area contributed by atoms with Crippen LogP contribution in [-0.4, -0.2) is 50.3 Å². The lowest BCUT2D eigenvalue weighted by molar-refractivity contribution is 0.319. The van der Waals surface area contributed by atoms with Gasteiger partial charge in [-0.25, -0.2) is 0 Å². The number of hydrogen-bond donors (Lipinski definition) is 4. The monoisotopic (exact) mass is 629 g/mol. The van der Waals surface area contributed by atoms with Crippen LogP contribution in [0.5, 0.6) is 0 Å². The summed E-state index contributed by atoms with van der Waals surface area (Å²) >= 11 is 0. The summed E-state index contributed by atoms with van der Waals surface area (Å²) in [7, 11) is 0. The number of hydrogen-bond acceptors (Lipinski definition) is 4. The Hall–Kier alpha value is -0.160. The Kier molecular flexibility index (Phi) is 45.0. The molecule has 4 aliphatic rings. The van der Waals surface area contributed by atoms with Crippen LogP contribution in [0.3, 0.4) is 0 Å². The minimum absolute atomic E-state index is 0.753. The molecule has 8 atom stereocenters. The molecule has 4 saturated heterocycles. The van der Waals surface area contributed by atoms with Crippen molar-refractivity contribution in [3.8, 4) is 0 Å². The highest BCUT2D eigenvalue weighted by Gasteiger charge is 2.16. The van der Waals surface area contributed by atoms with Crippen LogP contribution in [0.1, 0.15) is 188 Å². The van der Waals surface area contributed by atoms with E-state index in [0.29, 0.717) is 0 Å². The summed E-state index contributed by atoms with van der Waals surface area (Å²) in [6, 6.07) is 3.01. The predicted molar refractivity (Wildman–Crippen MR) is 207 cm³/mol. The lowest BCUT2D eigenvalue weighted by Crippen LogP contribution is -2.37. The van der Waals surface area contributed by atoms with E-state index in [0.717, 1.165) is 47.8 Å². The topological polar surface area (TPSA) is 48.1 Å². The lowest BCUT2D eigenvalue weighted by atomic mass is 9.94. The molecule has 0 spiro atoms. The van der Waals surface area contributed by atoms with Gasteiger partial charge in [-0.2, -0.15) is 0 Å². The van der Waals surface area contributed by atoms with Crippen molar-refractivity contribution in [2.75, 3.05) is 26.2 Å². The second-order valence-corrected chi connectivity index (χ2v) is 14.3. The Labute approximate surface area is 282 Å². The Morgan fingerprint density at radius 2 is 0.455 bits per heavy atom. The smallest absolute Gasteiger partial charge is 0.00643 e. The quantitative estimate of drug-likeness (QED) is 0.215. The fraction of sp³-hybridized carbons (Fsp3) is 1.00. The molecule has 0 unspecified atom stereocenters. The van der Waals surface area contributed by atoms with Crippen LogP contribution in [-0.2, 0) is 0 Å². The average Bonchev–Trinajstić information content (AvgIpc) is 2.98. The van der Waals surface area contributed by atoms with E-state index in [1.54, 1.807) is 0 Å². The third-order valence-electron chi connectivity index (χ3n) is 8.62. The molecule has 44 heavy (non-hydrogen) atoms. The average molecular weight is 629 g/mol. The van der Waals surface area contributed by atoms with Crippen LogP contribution in [0.2, 0.25) is 0 Å². The van der Waals surface area contributed by atoms with Gasteiger partial charge in [-0.15, -0.1) is 0 Å². The van der Waals surface area contributed by atoms with Crippen LogP contribution in [0.4, 0.5) is 0 Å². The van der Waals surface area contributed by atoms with E-state index in [1.165, 1.54) is 103 Å². The first-order valence-corrected chi connectivity index (χ1v) is 19.8. The summed E-state index contributed by atoms with van der Waals surface area (Å²) in [5.74, 6) is 3.57. The Morgan fingerprint density at radius 1 is 0.318 bits per heavy atom. The molecule has 0 aromatic rings. The van der Waals surface area contributed by atoms with Crippen molar-refractivity contribution in [1.82, 2.24) is 21.3 Å². The zero-order valence-electron chi connectivity index (χ0n) is 33.9. The summed E-state index contributed by atoms with van der Waals surface area (Å²) in [5, 5.41) is 13.7. The molecule has 0 bridgehead atoms. The molecule has 4 heteroatoms. The van der Waals surface area contributed by atoms with Gasteiger partial charge in [0.05, 0.1) is 0 Å². The van der Waals surface area contributed by atoms with E-state index in [1.807, 2.05) is 0 Å². The van der Waals surface area contributed by atoms with E-state index in [-0.39, 0.29) is 0 Å². The van der Waals surface area contributed by atoms with E-state index >= 15 is 0 Å². The van der Waals surface area contributed by atoms with Gasteiger partial charge in [-0.05, 0) is 129 Å². The van der Waals surface area contributed by atoms with Gasteiger partial charge in [0.2, 0.25) is 0 Å². The molecule has 0 aromatic heterocycles. The van der Waals surface area contributed by atoms with E-state index in [4.69, 9.17) is 0 Å². The molecule has 4 rings (SSSR count). The maximum Gasteiger partial charge on any atom is 0.00643 e. The van der Waals surface area contributed by atoms with Gasteiger partial charge in [0.1, 0.15) is 0 Å². The standard InChI is InChI=1S/4C7H15N.4C3H8/c4*1-6-4-3-5-8-7(6)2;4*1-3-2/h4*6-8H,3-5H2,1-2H3;4*3H2,1-2H3/t2*6-,7+;2*6-,7-;;;;/m1010..../s1. The number of piperidine rings is 4. The SMILES string of the molecule is CCC.CCC.CCC.CCC.C[C@@H]1CCCN[C@@H]1C.C[C@@H]1CCCN[C@H]1C.C[C@@H]1NCCC[C@@H]1C.C[C@H]1CCCN[C@@H]1C. The Morgan fingerprint density at radius 3 is 0.523 bits per heavy atom. The fourth-order valence-corrected chi connectivity index (χ4v) is 4.82. The van der Waals surface area contributed by atoms with Crippen LogP contribution in [0.15, 0.2) is 0 Å². The van der Waals surface area contributed by atoms with Gasteiger partial charge >= 0.3 is 0 Å². The van der Waals surface area contributed by atoms with E-state index in [9.17, 15) is 0 Å². The summed E-state index contributed by atoms with van der Waals surface area (Å²) < 4.78 is 0. The van der Waals surface area contributed by atoms with Gasteiger partial charge in [-0.3, -0.25) is 0 Å². The Balaban J connectivity index is -0.000000217. The molecule has 4 nitrogen and oxygen atoms in total. The third kappa shape index (κ3) is 36.3. The second-order valence-electron chi connectivity index (χ2n) is 14.3. The van der Waals surface area contributed by atoms with Gasteiger partial charge in [0, 0.05) is 24.2 Å². The molecule has 4 aliphatic heterocycles. The fourth-order valence-electron chi connectivity index (χ4n) is 4.82. The molecule has 4 heterocycles. The Bertz CT molecular complexity index is 372. The zero-order valence-corrected chi connectivity index (χ0v) is 33.9. The first-order valence-electron chi connectivity index (χ1n) is 19.8. The maximum atomic E-state index is 3.43. The summed E-state index contributed by atoms with van der Waals surface area (Å²) in [4.78, 5) is 0. The summed E-state index contributed by atoms with van der Waals surface area (Å²) in [6.45, 7) is 40.2. The van der Waals surface area contributed by atoms with Crippen LogP contribution in [0, 0.1) is 23.7 Å². The van der Waals surface area contributed by atoms with Gasteiger partial charge in [0.25, 0.3) is 0 Å². The minimum atomic E-state index is 0.753. The van der Waals surface area contributed by atoms with Crippen molar-refractivity contribution in [3.63, 3.8) is 0 Å². The normalized spacial score (nSPS) is 30.5. The van der Waals surface area contributed by atoms with Crippen LogP contribution >= 0.6 is 0 Å². The van der Waals surface area contributed by atoms with Crippen molar-refractivity contribution in [3.05, 3.63) is 0 Å². The molecule has 0 aliphatic carbocycles. The second kappa shape index (κ2) is 39.0. The van der Waals surface area contributed by atoms with Crippen molar-refractivity contribution in [2.24, 2.45) is 23.7 Å². The van der Waals surface area contributed by atoms with Crippen molar-refractivity contribution in [2.45, 2.75) is 212 Å². The van der Waals surface area contributed by atoms with Gasteiger partial charge in [-0.1, -0.05) is 109 Å². The summed E-state index contributed by atoms with van der Waals surface area (Å²) in [6.07, 6.45) is 16.1. The first kappa shape index (κ1) is 50.7. The van der Waals surface area contributed by atoms with E-state index in [2.05, 4.69) is 132 Å². The highest BCUT2D eigenvalue weighted by molar-refractivity contribution is 4.75. The van der Waals surface area contributed by atoms with Crippen molar-refractivity contribution < 1.29 is 0 Å². The molecule has 4 N–H and O–H groups in total. The maximum absolute atomic E-state index is 3.43. The minimum Gasteiger partial charge on any atom is -0.314 e. The summed E-state index contributed by atoms with van der Waals surface area (Å²) in [5.41, 5.74) is 0. The molecular formula is C40H92N4. The molecule has 0 aromatic carbocycles. The third-order valence-corrected chi connectivity index (χ3v) is 8.62. The highest BCUT2D eigenvalue weighted by atomic mass is 14.9. The molecule has 4 fully saturated rings. The van der Waals surface area contributed by atoms with Crippen LogP contribution < -0.4 is 21.3 Å². The molecule has 0 radical (unpaired) electrons. The van der Waals surface area contributed by atoms with Crippen LogP contribution in [0.25, 0.3) is 0 Å². The van der Waals surface area contributed by atoms with E-state index < -0.39 is 0 Å². The molecule has 272 valence electrons. The molecular weight excluding hydrogens is 536 g/mol. The van der Waals surface area contributed by atoms with Crippen molar-refractivity contribution in [1.29, 1.82) is 0 Å². The first-order chi connectivity index (χ1) is 20.9. The molecule has 0 amide bonds. The predicted octanol–water partition coefficient (Wildman–Crippen LogP) is 11.2. The number of rotatable bonds is 0. The largest absolute Gasteiger partial charge is 0.314 e. The lowest BCUT2D eigenvalue weighted by Gasteiger charge is -2.26. The number of nitrogens with one attached hydrogen (secondary N) is 4. The van der Waals surface area contributed by atoms with Crippen molar-refractivity contribution >= 4 is 0 Å². The molecule has 0 saturated carbocycles. The zero-order chi connectivity index (χ0) is 34.8. The highest BCUT2D eigenvalue weighted by Crippen LogP contribution is 2.16.